The summed E-state index contributed by atoms with van der Waals surface area (Å²) in [5.74, 6) is -5.03. The molecule has 11 nitrogen and oxygen atoms in total. The van der Waals surface area contributed by atoms with Gasteiger partial charge in [0, 0.05) is 27.7 Å². The zero-order valence-electron chi connectivity index (χ0n) is 13.9. The molecule has 0 amide bonds. The Morgan fingerprint density at radius 1 is 0.680 bits per heavy atom. The fourth-order valence-corrected chi connectivity index (χ4v) is 2.23. The summed E-state index contributed by atoms with van der Waals surface area (Å²) in [6, 6.07) is 0. The van der Waals surface area contributed by atoms with E-state index in [1.54, 1.807) is 0 Å². The second kappa shape index (κ2) is 8.42. The molecule has 1 aliphatic heterocycles. The highest BCUT2D eigenvalue weighted by atomic mass is 16.7. The molecule has 1 unspecified atom stereocenters. The largest absolute Gasteiger partial charge is 0.479 e. The summed E-state index contributed by atoms with van der Waals surface area (Å²) in [5.41, 5.74) is 0. The Hall–Kier alpha value is -2.69. The smallest absolute Gasteiger partial charge is 0.337 e. The van der Waals surface area contributed by atoms with Crippen LogP contribution in [0.5, 0.6) is 0 Å². The third-order valence-electron chi connectivity index (χ3n) is 2.93. The minimum absolute atomic E-state index is 0.849. The minimum atomic E-state index is -1.83. The van der Waals surface area contributed by atoms with Gasteiger partial charge in [-0.1, -0.05) is 0 Å². The van der Waals surface area contributed by atoms with Gasteiger partial charge in [0.2, 0.25) is 12.4 Å². The predicted molar refractivity (Wildman–Crippen MR) is 74.7 cm³/mol. The summed E-state index contributed by atoms with van der Waals surface area (Å²) in [7, 11) is 0. The van der Waals surface area contributed by atoms with Crippen molar-refractivity contribution in [3.8, 4) is 0 Å². The van der Waals surface area contributed by atoms with Gasteiger partial charge in [0.15, 0.2) is 18.3 Å². The summed E-state index contributed by atoms with van der Waals surface area (Å²) in [6.45, 7) is 4.06. The number of rotatable bonds is 5. The molecule has 0 aromatic rings. The van der Waals surface area contributed by atoms with E-state index in [-0.39, 0.29) is 0 Å². The standard InChI is InChI=1S/C14H18O11/c1-5(15)21-9-10(22-6(2)16)12(23-7(3)17)14(24-8(4)18)25-11(9)13(19)20/h9-12,14H,1-4H3,(H,19,20)/t9-,10-,11-,12-,14?/m0/s1. The Morgan fingerprint density at radius 3 is 1.48 bits per heavy atom. The topological polar surface area (TPSA) is 152 Å². The number of carboxylic acid groups (broad SMARTS) is 1. The number of hydrogen-bond donors (Lipinski definition) is 1. The van der Waals surface area contributed by atoms with Crippen molar-refractivity contribution in [3.05, 3.63) is 0 Å². The van der Waals surface area contributed by atoms with Gasteiger partial charge < -0.3 is 28.8 Å². The van der Waals surface area contributed by atoms with Gasteiger partial charge in [-0.15, -0.1) is 0 Å². The highest BCUT2D eigenvalue weighted by molar-refractivity contribution is 5.75. The van der Waals surface area contributed by atoms with Crippen molar-refractivity contribution in [2.75, 3.05) is 0 Å². The first-order valence-corrected chi connectivity index (χ1v) is 7.10. The van der Waals surface area contributed by atoms with E-state index in [4.69, 9.17) is 23.7 Å². The number of esters is 4. The lowest BCUT2D eigenvalue weighted by Crippen LogP contribution is -2.63. The number of aliphatic carboxylic acids is 1. The van der Waals surface area contributed by atoms with Crippen molar-refractivity contribution >= 4 is 29.8 Å². The molecule has 1 aliphatic rings. The second-order valence-corrected chi connectivity index (χ2v) is 5.09. The van der Waals surface area contributed by atoms with Gasteiger partial charge in [-0.05, 0) is 0 Å². The molecule has 11 heteroatoms. The fourth-order valence-electron chi connectivity index (χ4n) is 2.23. The maximum Gasteiger partial charge on any atom is 0.337 e. The summed E-state index contributed by atoms with van der Waals surface area (Å²) < 4.78 is 24.8. The molecule has 5 atom stereocenters. The Morgan fingerprint density at radius 2 is 1.08 bits per heavy atom. The van der Waals surface area contributed by atoms with Gasteiger partial charge >= 0.3 is 29.8 Å². The van der Waals surface area contributed by atoms with Crippen LogP contribution in [0.2, 0.25) is 0 Å². The third-order valence-corrected chi connectivity index (χ3v) is 2.93. The summed E-state index contributed by atoms with van der Waals surface area (Å²) in [6.07, 6.45) is -8.24. The fraction of sp³-hybridized carbons (Fsp3) is 0.643. The summed E-state index contributed by atoms with van der Waals surface area (Å²) in [4.78, 5) is 56.7. The van der Waals surface area contributed by atoms with Crippen LogP contribution < -0.4 is 0 Å². The third kappa shape index (κ3) is 5.71. The van der Waals surface area contributed by atoms with Gasteiger partial charge in [0.25, 0.3) is 0 Å². The monoisotopic (exact) mass is 362 g/mol. The molecular weight excluding hydrogens is 344 g/mol. The normalized spacial score (nSPS) is 28.4. The van der Waals surface area contributed by atoms with E-state index >= 15 is 0 Å². The Bertz CT molecular complexity index is 569. The molecule has 0 radical (unpaired) electrons. The van der Waals surface area contributed by atoms with E-state index in [0.717, 1.165) is 27.7 Å². The van der Waals surface area contributed by atoms with Gasteiger partial charge in [0.05, 0.1) is 0 Å². The molecule has 0 aromatic heterocycles. The minimum Gasteiger partial charge on any atom is -0.479 e. The number of hydrogen-bond acceptors (Lipinski definition) is 10. The molecule has 0 spiro atoms. The van der Waals surface area contributed by atoms with Crippen LogP contribution in [-0.4, -0.2) is 65.7 Å². The number of carboxylic acids is 1. The van der Waals surface area contributed by atoms with Crippen LogP contribution in [-0.2, 0) is 47.7 Å². The van der Waals surface area contributed by atoms with Crippen molar-refractivity contribution in [1.82, 2.24) is 0 Å². The molecule has 0 aliphatic carbocycles. The molecule has 1 rings (SSSR count). The van der Waals surface area contributed by atoms with Gasteiger partial charge in [-0.3, -0.25) is 19.2 Å². The van der Waals surface area contributed by atoms with E-state index in [0.29, 0.717) is 0 Å². The molecule has 1 heterocycles. The van der Waals surface area contributed by atoms with E-state index in [1.807, 2.05) is 0 Å². The highest BCUT2D eigenvalue weighted by Crippen LogP contribution is 2.29. The maximum atomic E-state index is 11.4. The van der Waals surface area contributed by atoms with Crippen LogP contribution >= 0.6 is 0 Å². The van der Waals surface area contributed by atoms with Crippen LogP contribution in [0.25, 0.3) is 0 Å². The molecule has 140 valence electrons. The van der Waals surface area contributed by atoms with Gasteiger partial charge in [-0.25, -0.2) is 4.79 Å². The Kier molecular flexibility index (Phi) is 6.86. The SMILES string of the molecule is CC(=O)OC1O[C@H](C(=O)O)[C@@H](OC(C)=O)[C@H](OC(C)=O)[C@@H]1OC(C)=O. The maximum absolute atomic E-state index is 11.4. The van der Waals surface area contributed by atoms with Crippen LogP contribution in [0.3, 0.4) is 0 Å². The van der Waals surface area contributed by atoms with E-state index in [9.17, 15) is 29.1 Å². The lowest BCUT2D eigenvalue weighted by Gasteiger charge is -2.42. The van der Waals surface area contributed by atoms with Crippen LogP contribution in [0, 0.1) is 0 Å². The zero-order chi connectivity index (χ0) is 19.3. The van der Waals surface area contributed by atoms with Crippen molar-refractivity contribution in [2.45, 2.75) is 58.4 Å². The first-order valence-electron chi connectivity index (χ1n) is 7.10. The molecule has 1 N–H and O–H groups in total. The molecule has 0 saturated carbocycles. The van der Waals surface area contributed by atoms with Crippen molar-refractivity contribution in [2.24, 2.45) is 0 Å². The number of carbonyl (C=O) groups is 5. The molecule has 0 aromatic carbocycles. The van der Waals surface area contributed by atoms with E-state index < -0.39 is 60.6 Å². The van der Waals surface area contributed by atoms with Gasteiger partial charge in [0.1, 0.15) is 0 Å². The molecular formula is C14H18O11. The average Bonchev–Trinajstić information content (AvgIpc) is 2.42. The summed E-state index contributed by atoms with van der Waals surface area (Å²) >= 11 is 0. The predicted octanol–water partition coefficient (Wildman–Crippen LogP) is -0.846. The quantitative estimate of drug-likeness (QED) is 0.481. The van der Waals surface area contributed by atoms with Crippen molar-refractivity contribution in [1.29, 1.82) is 0 Å². The number of ether oxygens (including phenoxy) is 5. The lowest BCUT2D eigenvalue weighted by atomic mass is 9.98. The highest BCUT2D eigenvalue weighted by Gasteiger charge is 2.55. The second-order valence-electron chi connectivity index (χ2n) is 5.09. The Balaban J connectivity index is 3.33. The molecule has 0 bridgehead atoms. The first kappa shape index (κ1) is 20.4. The van der Waals surface area contributed by atoms with E-state index in [2.05, 4.69) is 0 Å². The lowest BCUT2D eigenvalue weighted by molar-refractivity contribution is -0.293. The number of carbonyl (C=O) groups excluding carboxylic acids is 4. The van der Waals surface area contributed by atoms with Crippen LogP contribution in [0.1, 0.15) is 27.7 Å². The van der Waals surface area contributed by atoms with Crippen molar-refractivity contribution < 1.29 is 52.8 Å². The average molecular weight is 362 g/mol. The van der Waals surface area contributed by atoms with Crippen molar-refractivity contribution in [3.63, 3.8) is 0 Å². The molecule has 1 saturated heterocycles. The van der Waals surface area contributed by atoms with Gasteiger partial charge in [-0.2, -0.15) is 0 Å². The van der Waals surface area contributed by atoms with Crippen LogP contribution in [0.4, 0.5) is 0 Å². The zero-order valence-corrected chi connectivity index (χ0v) is 13.9. The van der Waals surface area contributed by atoms with E-state index in [1.165, 1.54) is 0 Å². The molecule has 25 heavy (non-hydrogen) atoms. The van der Waals surface area contributed by atoms with Crippen LogP contribution in [0.15, 0.2) is 0 Å². The molecule has 1 fully saturated rings. The Labute approximate surface area is 142 Å². The summed E-state index contributed by atoms with van der Waals surface area (Å²) in [5, 5.41) is 9.29. The first-order chi connectivity index (χ1) is 11.5.